The van der Waals surface area contributed by atoms with Crippen LogP contribution in [0.25, 0.3) is 0 Å². The van der Waals surface area contributed by atoms with Crippen molar-refractivity contribution in [2.45, 2.75) is 57.6 Å². The van der Waals surface area contributed by atoms with Crippen LogP contribution >= 0.6 is 0 Å². The number of unbranched alkanes of at least 4 members (excludes halogenated alkanes) is 3. The number of aliphatic hydroxyl groups excluding tert-OH is 1. The van der Waals surface area contributed by atoms with Gasteiger partial charge < -0.3 is 20.1 Å². The third-order valence-electron chi connectivity index (χ3n) is 3.88. The minimum Gasteiger partial charge on any atom is -0.389 e. The monoisotopic (exact) mass is 272 g/mol. The molecule has 0 aromatic rings. The van der Waals surface area contributed by atoms with Gasteiger partial charge in [0.1, 0.15) is 0 Å². The highest BCUT2D eigenvalue weighted by Crippen LogP contribution is 2.13. The maximum atomic E-state index is 9.79. The number of likely N-dealkylation sites (N-methyl/N-ethyl adjacent to an activating group) is 1. The maximum Gasteiger partial charge on any atom is 0.0897 e. The fourth-order valence-electron chi connectivity index (χ4n) is 2.56. The third-order valence-corrected chi connectivity index (χ3v) is 3.88. The number of ether oxygens (including phenoxy) is 1. The van der Waals surface area contributed by atoms with Crippen molar-refractivity contribution in [3.63, 3.8) is 0 Å². The number of rotatable bonds is 11. The van der Waals surface area contributed by atoms with Gasteiger partial charge in [0, 0.05) is 25.7 Å². The summed E-state index contributed by atoms with van der Waals surface area (Å²) < 4.78 is 5.49. The lowest BCUT2D eigenvalue weighted by molar-refractivity contribution is 0.0349. The summed E-state index contributed by atoms with van der Waals surface area (Å²) in [6, 6.07) is 0.641. The zero-order chi connectivity index (χ0) is 13.9. The summed E-state index contributed by atoms with van der Waals surface area (Å²) in [6.45, 7) is 6.26. The topological polar surface area (TPSA) is 44.7 Å². The van der Waals surface area contributed by atoms with Crippen LogP contribution in [0.1, 0.15) is 45.4 Å². The Hall–Kier alpha value is -0.160. The van der Waals surface area contributed by atoms with Crippen LogP contribution in [-0.2, 0) is 4.74 Å². The minimum absolute atomic E-state index is 0.377. The summed E-state index contributed by atoms with van der Waals surface area (Å²) in [6.07, 6.45) is 7.07. The smallest absolute Gasteiger partial charge is 0.0897 e. The zero-order valence-corrected chi connectivity index (χ0v) is 12.7. The molecule has 1 saturated heterocycles. The number of nitrogens with one attached hydrogen (secondary N) is 1. The molecule has 1 aliphatic heterocycles. The first-order valence-corrected chi connectivity index (χ1v) is 7.90. The van der Waals surface area contributed by atoms with Crippen molar-refractivity contribution in [2.75, 3.05) is 39.9 Å². The highest BCUT2D eigenvalue weighted by atomic mass is 16.5. The van der Waals surface area contributed by atoms with Gasteiger partial charge in [-0.05, 0) is 32.9 Å². The first-order valence-electron chi connectivity index (χ1n) is 7.90. The summed E-state index contributed by atoms with van der Waals surface area (Å²) in [5.41, 5.74) is 0. The Morgan fingerprint density at radius 2 is 2.21 bits per heavy atom. The maximum absolute atomic E-state index is 9.79. The van der Waals surface area contributed by atoms with Crippen LogP contribution in [0, 0.1) is 0 Å². The van der Waals surface area contributed by atoms with Gasteiger partial charge in [0.25, 0.3) is 0 Å². The van der Waals surface area contributed by atoms with Crippen LogP contribution in [0.15, 0.2) is 0 Å². The van der Waals surface area contributed by atoms with Crippen molar-refractivity contribution in [1.82, 2.24) is 10.2 Å². The second-order valence-corrected chi connectivity index (χ2v) is 5.72. The molecule has 2 atom stereocenters. The lowest BCUT2D eigenvalue weighted by Crippen LogP contribution is -2.39. The molecule has 0 spiro atoms. The molecular weight excluding hydrogens is 240 g/mol. The van der Waals surface area contributed by atoms with E-state index in [0.29, 0.717) is 19.2 Å². The van der Waals surface area contributed by atoms with Gasteiger partial charge in [-0.2, -0.15) is 0 Å². The van der Waals surface area contributed by atoms with Crippen molar-refractivity contribution in [3.05, 3.63) is 0 Å². The predicted octanol–water partition coefficient (Wildman–Crippen LogP) is 1.63. The van der Waals surface area contributed by atoms with E-state index < -0.39 is 0 Å². The van der Waals surface area contributed by atoms with Crippen LogP contribution in [0.3, 0.4) is 0 Å². The van der Waals surface area contributed by atoms with E-state index in [2.05, 4.69) is 24.2 Å². The molecule has 0 radical (unpaired) electrons. The average molecular weight is 272 g/mol. The second-order valence-electron chi connectivity index (χ2n) is 5.72. The molecule has 1 rings (SSSR count). The van der Waals surface area contributed by atoms with Gasteiger partial charge in [0.15, 0.2) is 0 Å². The third kappa shape index (κ3) is 7.88. The molecule has 2 N–H and O–H groups in total. The van der Waals surface area contributed by atoms with Crippen molar-refractivity contribution in [3.8, 4) is 0 Å². The highest BCUT2D eigenvalue weighted by Gasteiger charge is 2.20. The normalized spacial score (nSPS) is 21.9. The van der Waals surface area contributed by atoms with Crippen LogP contribution in [0.5, 0.6) is 0 Å². The molecule has 2 unspecified atom stereocenters. The van der Waals surface area contributed by atoms with Crippen LogP contribution in [0.2, 0.25) is 0 Å². The zero-order valence-electron chi connectivity index (χ0n) is 12.7. The average Bonchev–Trinajstić information content (AvgIpc) is 2.79. The standard InChI is InChI=1S/C15H32N2O2/c1-3-4-5-6-10-19-13-15(18)12-16-11-14-8-7-9-17(14)2/h14-16,18H,3-13H2,1-2H3. The number of aliphatic hydroxyl groups is 1. The van der Waals surface area contributed by atoms with Gasteiger partial charge in [-0.15, -0.1) is 0 Å². The minimum atomic E-state index is -0.377. The van der Waals surface area contributed by atoms with E-state index in [-0.39, 0.29) is 6.10 Å². The second kappa shape index (κ2) is 10.6. The molecule has 1 heterocycles. The Balaban J connectivity index is 1.88. The molecule has 0 bridgehead atoms. The fourth-order valence-corrected chi connectivity index (χ4v) is 2.56. The lowest BCUT2D eigenvalue weighted by atomic mass is 10.2. The Morgan fingerprint density at radius 3 is 2.89 bits per heavy atom. The van der Waals surface area contributed by atoms with Crippen LogP contribution < -0.4 is 5.32 Å². The molecule has 0 amide bonds. The molecular formula is C15H32N2O2. The molecule has 19 heavy (non-hydrogen) atoms. The largest absolute Gasteiger partial charge is 0.389 e. The molecule has 0 saturated carbocycles. The van der Waals surface area contributed by atoms with E-state index in [9.17, 15) is 5.11 Å². The first-order chi connectivity index (χ1) is 9.24. The molecule has 1 fully saturated rings. The van der Waals surface area contributed by atoms with E-state index in [1.54, 1.807) is 0 Å². The van der Waals surface area contributed by atoms with Gasteiger partial charge in [-0.3, -0.25) is 0 Å². The van der Waals surface area contributed by atoms with Crippen molar-refractivity contribution >= 4 is 0 Å². The van der Waals surface area contributed by atoms with Crippen LogP contribution in [-0.4, -0.2) is 62.0 Å². The molecule has 114 valence electrons. The first kappa shape index (κ1) is 16.9. The van der Waals surface area contributed by atoms with Gasteiger partial charge in [0.05, 0.1) is 12.7 Å². The highest BCUT2D eigenvalue weighted by molar-refractivity contribution is 4.78. The molecule has 4 nitrogen and oxygen atoms in total. The van der Waals surface area contributed by atoms with Crippen molar-refractivity contribution in [2.24, 2.45) is 0 Å². The Labute approximate surface area is 118 Å². The number of hydrogen-bond donors (Lipinski definition) is 2. The number of likely N-dealkylation sites (tertiary alicyclic amines) is 1. The Morgan fingerprint density at radius 1 is 1.37 bits per heavy atom. The van der Waals surface area contributed by atoms with Crippen LogP contribution in [0.4, 0.5) is 0 Å². The molecule has 0 aromatic carbocycles. The summed E-state index contributed by atoms with van der Waals surface area (Å²) in [4.78, 5) is 2.39. The lowest BCUT2D eigenvalue weighted by Gasteiger charge is -2.20. The van der Waals surface area contributed by atoms with Gasteiger partial charge in [-0.25, -0.2) is 0 Å². The molecule has 4 heteroatoms. The predicted molar refractivity (Wildman–Crippen MR) is 79.5 cm³/mol. The van der Waals surface area contributed by atoms with E-state index in [0.717, 1.165) is 19.6 Å². The van der Waals surface area contributed by atoms with E-state index in [4.69, 9.17) is 4.74 Å². The fraction of sp³-hybridized carbons (Fsp3) is 1.00. The van der Waals surface area contributed by atoms with E-state index in [1.165, 1.54) is 38.6 Å². The van der Waals surface area contributed by atoms with E-state index in [1.807, 2.05) is 0 Å². The molecule has 0 aromatic heterocycles. The number of nitrogens with zero attached hydrogens (tertiary/aromatic N) is 1. The summed E-state index contributed by atoms with van der Waals surface area (Å²) in [7, 11) is 2.18. The quantitative estimate of drug-likeness (QED) is 0.561. The summed E-state index contributed by atoms with van der Waals surface area (Å²) in [5, 5.41) is 13.1. The van der Waals surface area contributed by atoms with E-state index >= 15 is 0 Å². The molecule has 1 aliphatic rings. The van der Waals surface area contributed by atoms with Crippen molar-refractivity contribution in [1.29, 1.82) is 0 Å². The molecule has 0 aliphatic carbocycles. The van der Waals surface area contributed by atoms with Gasteiger partial charge in [-0.1, -0.05) is 26.2 Å². The SMILES string of the molecule is CCCCCCOCC(O)CNCC1CCCN1C. The Kier molecular flexibility index (Phi) is 9.43. The van der Waals surface area contributed by atoms with Crippen molar-refractivity contribution < 1.29 is 9.84 Å². The summed E-state index contributed by atoms with van der Waals surface area (Å²) >= 11 is 0. The Bertz CT molecular complexity index is 214. The van der Waals surface area contributed by atoms with Gasteiger partial charge >= 0.3 is 0 Å². The number of hydrogen-bond acceptors (Lipinski definition) is 4. The van der Waals surface area contributed by atoms with Gasteiger partial charge in [0.2, 0.25) is 0 Å². The summed E-state index contributed by atoms with van der Waals surface area (Å²) in [5.74, 6) is 0.